The van der Waals surface area contributed by atoms with Crippen molar-refractivity contribution in [3.8, 4) is 5.75 Å². The summed E-state index contributed by atoms with van der Waals surface area (Å²) in [7, 11) is 0. The first kappa shape index (κ1) is 24.1. The number of aliphatic hydroxyl groups is 1. The Hall–Kier alpha value is -3.25. The van der Waals surface area contributed by atoms with Gasteiger partial charge in [-0.05, 0) is 71.8 Å². The number of pyridine rings is 1. The van der Waals surface area contributed by atoms with E-state index in [4.69, 9.17) is 4.74 Å². The molecular formula is C32H35N3O2. The highest BCUT2D eigenvalue weighted by atomic mass is 16.5. The van der Waals surface area contributed by atoms with Gasteiger partial charge in [-0.15, -0.1) is 0 Å². The van der Waals surface area contributed by atoms with E-state index in [1.54, 1.807) is 6.20 Å². The Morgan fingerprint density at radius 3 is 2.27 bits per heavy atom. The van der Waals surface area contributed by atoms with Gasteiger partial charge in [0.2, 0.25) is 0 Å². The normalized spacial score (nSPS) is 17.7. The lowest BCUT2D eigenvalue weighted by atomic mass is 9.92. The van der Waals surface area contributed by atoms with Gasteiger partial charge in [-0.1, -0.05) is 48.5 Å². The van der Waals surface area contributed by atoms with Gasteiger partial charge in [-0.25, -0.2) is 0 Å². The minimum absolute atomic E-state index is 0.275. The lowest BCUT2D eigenvalue weighted by molar-refractivity contribution is 0.0403. The molecule has 4 aromatic rings. The monoisotopic (exact) mass is 493 g/mol. The highest BCUT2D eigenvalue weighted by Gasteiger charge is 2.31. The standard InChI is InChI=1S/C32H35N3O2/c1-23-19-30-29(11-6-14-33-30)31(20-23)37-22-26(36)21-34-15-17-35(18-16-34)32-27-9-4-2-7-24(27)12-13-25-8-3-5-10-28(25)32/h2-11,14,19-20,26,32,36H,12-13,15-18,21-22H2,1H3. The molecule has 3 aromatic carbocycles. The molecule has 1 N–H and O–H groups in total. The highest BCUT2D eigenvalue weighted by Crippen LogP contribution is 2.37. The summed E-state index contributed by atoms with van der Waals surface area (Å²) in [5.74, 6) is 0.790. The van der Waals surface area contributed by atoms with Crippen molar-refractivity contribution >= 4 is 10.9 Å². The maximum atomic E-state index is 10.8. The summed E-state index contributed by atoms with van der Waals surface area (Å²) in [6.07, 6.45) is 3.45. The Labute approximate surface area is 219 Å². The molecule has 0 saturated carbocycles. The fourth-order valence-electron chi connectivity index (χ4n) is 6.03. The number of nitrogens with zero attached hydrogens (tertiary/aromatic N) is 3. The molecule has 1 atom stereocenters. The van der Waals surface area contributed by atoms with Crippen molar-refractivity contribution in [3.05, 3.63) is 107 Å². The summed E-state index contributed by atoms with van der Waals surface area (Å²) in [5.41, 5.74) is 7.87. The number of rotatable bonds is 6. The van der Waals surface area contributed by atoms with Gasteiger partial charge >= 0.3 is 0 Å². The molecule has 0 spiro atoms. The predicted molar refractivity (Wildman–Crippen MR) is 148 cm³/mol. The van der Waals surface area contributed by atoms with E-state index in [-0.39, 0.29) is 6.61 Å². The van der Waals surface area contributed by atoms with Gasteiger partial charge in [-0.2, -0.15) is 0 Å². The predicted octanol–water partition coefficient (Wildman–Crippen LogP) is 4.79. The van der Waals surface area contributed by atoms with Crippen molar-refractivity contribution in [1.29, 1.82) is 0 Å². The topological polar surface area (TPSA) is 48.8 Å². The zero-order valence-corrected chi connectivity index (χ0v) is 21.5. The third-order valence-corrected chi connectivity index (χ3v) is 7.86. The van der Waals surface area contributed by atoms with E-state index in [1.807, 2.05) is 25.1 Å². The smallest absolute Gasteiger partial charge is 0.129 e. The van der Waals surface area contributed by atoms with Crippen LogP contribution in [0, 0.1) is 6.92 Å². The van der Waals surface area contributed by atoms with Crippen LogP contribution in [0.25, 0.3) is 10.9 Å². The number of fused-ring (bicyclic) bond motifs is 3. The molecule has 1 fully saturated rings. The number of hydrogen-bond acceptors (Lipinski definition) is 5. The van der Waals surface area contributed by atoms with Crippen LogP contribution in [0.1, 0.15) is 33.9 Å². The average molecular weight is 494 g/mol. The lowest BCUT2D eigenvalue weighted by Crippen LogP contribution is -2.50. The van der Waals surface area contributed by atoms with E-state index >= 15 is 0 Å². The van der Waals surface area contributed by atoms with Crippen LogP contribution in [0.4, 0.5) is 0 Å². The molecule has 1 aromatic heterocycles. The highest BCUT2D eigenvalue weighted by molar-refractivity contribution is 5.85. The Kier molecular flexibility index (Phi) is 6.92. The summed E-state index contributed by atoms with van der Waals surface area (Å²) >= 11 is 0. The maximum Gasteiger partial charge on any atom is 0.129 e. The minimum Gasteiger partial charge on any atom is -0.490 e. The van der Waals surface area contributed by atoms with Crippen LogP contribution >= 0.6 is 0 Å². The second kappa shape index (κ2) is 10.6. The summed E-state index contributed by atoms with van der Waals surface area (Å²) in [5, 5.41) is 11.8. The molecule has 190 valence electrons. The van der Waals surface area contributed by atoms with Gasteiger partial charge in [0.15, 0.2) is 0 Å². The van der Waals surface area contributed by atoms with E-state index in [0.717, 1.165) is 61.2 Å². The molecule has 5 heteroatoms. The van der Waals surface area contributed by atoms with Gasteiger partial charge in [0, 0.05) is 44.3 Å². The first-order valence-electron chi connectivity index (χ1n) is 13.4. The van der Waals surface area contributed by atoms with E-state index in [2.05, 4.69) is 69.4 Å². The zero-order chi connectivity index (χ0) is 25.2. The number of hydrogen-bond donors (Lipinski definition) is 1. The van der Waals surface area contributed by atoms with Crippen molar-refractivity contribution in [2.45, 2.75) is 31.9 Å². The number of ether oxygens (including phenoxy) is 1. The molecule has 6 rings (SSSR count). The van der Waals surface area contributed by atoms with E-state index in [0.29, 0.717) is 12.6 Å². The second-order valence-electron chi connectivity index (χ2n) is 10.4. The number of β-amino-alcohol motifs (C(OH)–C–C–N with tert-alkyl or cyclic N) is 1. The van der Waals surface area contributed by atoms with Gasteiger partial charge in [0.1, 0.15) is 18.5 Å². The van der Waals surface area contributed by atoms with Crippen LogP contribution in [-0.4, -0.2) is 65.3 Å². The molecule has 37 heavy (non-hydrogen) atoms. The van der Waals surface area contributed by atoms with Crippen LogP contribution < -0.4 is 4.74 Å². The van der Waals surface area contributed by atoms with Crippen LogP contribution in [-0.2, 0) is 12.8 Å². The molecule has 0 bridgehead atoms. The van der Waals surface area contributed by atoms with Gasteiger partial charge in [0.05, 0.1) is 11.6 Å². The van der Waals surface area contributed by atoms with Gasteiger partial charge < -0.3 is 9.84 Å². The maximum absolute atomic E-state index is 10.8. The third kappa shape index (κ3) is 5.12. The molecule has 1 aliphatic heterocycles. The van der Waals surface area contributed by atoms with Crippen molar-refractivity contribution < 1.29 is 9.84 Å². The molecule has 1 aliphatic carbocycles. The first-order chi connectivity index (χ1) is 18.2. The quantitative estimate of drug-likeness (QED) is 0.419. The molecule has 1 unspecified atom stereocenters. The largest absolute Gasteiger partial charge is 0.490 e. The molecule has 2 aliphatic rings. The summed E-state index contributed by atoms with van der Waals surface area (Å²) in [4.78, 5) is 9.45. The number of benzene rings is 3. The van der Waals surface area contributed by atoms with Crippen LogP contribution in [0.15, 0.2) is 79.0 Å². The van der Waals surface area contributed by atoms with Crippen molar-refractivity contribution in [2.24, 2.45) is 0 Å². The minimum atomic E-state index is -0.543. The Bertz CT molecular complexity index is 1330. The lowest BCUT2D eigenvalue weighted by Gasteiger charge is -2.40. The van der Waals surface area contributed by atoms with E-state index < -0.39 is 6.10 Å². The van der Waals surface area contributed by atoms with Gasteiger partial charge in [-0.3, -0.25) is 14.8 Å². The van der Waals surface area contributed by atoms with Crippen LogP contribution in [0.2, 0.25) is 0 Å². The number of aryl methyl sites for hydroxylation is 3. The molecule has 2 heterocycles. The fourth-order valence-corrected chi connectivity index (χ4v) is 6.03. The second-order valence-corrected chi connectivity index (χ2v) is 10.4. The fraction of sp³-hybridized carbons (Fsp3) is 0.344. The molecule has 5 nitrogen and oxygen atoms in total. The zero-order valence-electron chi connectivity index (χ0n) is 21.5. The van der Waals surface area contributed by atoms with Gasteiger partial charge in [0.25, 0.3) is 0 Å². The number of aliphatic hydroxyl groups excluding tert-OH is 1. The Balaban J connectivity index is 1.10. The molecule has 0 radical (unpaired) electrons. The van der Waals surface area contributed by atoms with E-state index in [1.165, 1.54) is 22.3 Å². The van der Waals surface area contributed by atoms with Crippen molar-refractivity contribution in [1.82, 2.24) is 14.8 Å². The average Bonchev–Trinajstić information content (AvgIpc) is 3.09. The first-order valence-corrected chi connectivity index (χ1v) is 13.4. The Morgan fingerprint density at radius 1 is 0.892 bits per heavy atom. The summed E-state index contributed by atoms with van der Waals surface area (Å²) in [6.45, 7) is 6.78. The molecule has 1 saturated heterocycles. The van der Waals surface area contributed by atoms with E-state index in [9.17, 15) is 5.11 Å². The molecule has 0 amide bonds. The molecular weight excluding hydrogens is 458 g/mol. The summed E-state index contributed by atoms with van der Waals surface area (Å²) in [6, 6.07) is 26.3. The SMILES string of the molecule is Cc1cc(OCC(O)CN2CCN(C3c4ccccc4CCc4ccccc43)CC2)c2cccnc2c1. The number of piperazine rings is 1. The third-order valence-electron chi connectivity index (χ3n) is 7.86. The number of aromatic nitrogens is 1. The van der Waals surface area contributed by atoms with Crippen LogP contribution in [0.5, 0.6) is 5.75 Å². The van der Waals surface area contributed by atoms with Crippen molar-refractivity contribution in [3.63, 3.8) is 0 Å². The van der Waals surface area contributed by atoms with Crippen molar-refractivity contribution in [2.75, 3.05) is 39.3 Å². The Morgan fingerprint density at radius 2 is 1.57 bits per heavy atom. The summed E-state index contributed by atoms with van der Waals surface area (Å²) < 4.78 is 6.08. The van der Waals surface area contributed by atoms with Crippen LogP contribution in [0.3, 0.4) is 0 Å².